The van der Waals surface area contributed by atoms with Gasteiger partial charge in [0, 0.05) is 21.2 Å². The van der Waals surface area contributed by atoms with E-state index in [-0.39, 0.29) is 45.8 Å². The lowest BCUT2D eigenvalue weighted by molar-refractivity contribution is 0.0636. The van der Waals surface area contributed by atoms with Crippen molar-refractivity contribution in [2.75, 3.05) is 11.1 Å². The van der Waals surface area contributed by atoms with Crippen molar-refractivity contribution in [2.45, 2.75) is 51.7 Å². The number of nitrogens with one attached hydrogen (secondary N) is 1. The quantitative estimate of drug-likeness (QED) is 0.192. The van der Waals surface area contributed by atoms with E-state index < -0.39 is 17.5 Å². The second kappa shape index (κ2) is 9.85. The van der Waals surface area contributed by atoms with Crippen LogP contribution in [0.2, 0.25) is 5.02 Å². The number of halogens is 2. The van der Waals surface area contributed by atoms with Crippen molar-refractivity contribution in [3.05, 3.63) is 39.7 Å². The summed E-state index contributed by atoms with van der Waals surface area (Å²) in [5.41, 5.74) is 1.24. The van der Waals surface area contributed by atoms with Crippen LogP contribution in [0.4, 0.5) is 14.2 Å². The number of carbonyl (C=O) groups is 1. The molecule has 5 rings (SSSR count). The van der Waals surface area contributed by atoms with Crippen LogP contribution in [0.15, 0.2) is 17.3 Å². The predicted molar refractivity (Wildman–Crippen MR) is 146 cm³/mol. The molecule has 8 nitrogen and oxygen atoms in total. The van der Waals surface area contributed by atoms with E-state index in [4.69, 9.17) is 21.1 Å². The maximum absolute atomic E-state index is 15.7. The molecule has 0 unspecified atom stereocenters. The number of amides is 1. The van der Waals surface area contributed by atoms with Gasteiger partial charge < -0.3 is 14.6 Å². The van der Waals surface area contributed by atoms with Crippen LogP contribution in [0, 0.1) is 17.1 Å². The summed E-state index contributed by atoms with van der Waals surface area (Å²) in [6, 6.07) is 4.96. The van der Waals surface area contributed by atoms with Crippen LogP contribution in [0.25, 0.3) is 32.1 Å². The van der Waals surface area contributed by atoms with Gasteiger partial charge in [-0.2, -0.15) is 10.2 Å². The van der Waals surface area contributed by atoms with Gasteiger partial charge in [-0.1, -0.05) is 30.3 Å². The highest BCUT2D eigenvalue weighted by atomic mass is 35.5. The molecule has 0 fully saturated rings. The van der Waals surface area contributed by atoms with Crippen molar-refractivity contribution in [1.29, 1.82) is 5.26 Å². The van der Waals surface area contributed by atoms with E-state index in [1.54, 1.807) is 26.8 Å². The number of anilines is 1. The molecule has 12 heteroatoms. The zero-order valence-corrected chi connectivity index (χ0v) is 23.3. The number of nitriles is 1. The fraction of sp³-hybridized carbons (Fsp3) is 0.308. The minimum absolute atomic E-state index is 0.0851. The minimum atomic E-state index is -0.744. The first-order chi connectivity index (χ1) is 18.0. The Hall–Kier alpha value is -3.17. The van der Waals surface area contributed by atoms with E-state index in [1.165, 1.54) is 17.8 Å². The Labute approximate surface area is 230 Å². The molecule has 0 aliphatic carbocycles. The van der Waals surface area contributed by atoms with Gasteiger partial charge in [-0.15, -0.1) is 11.3 Å². The summed E-state index contributed by atoms with van der Waals surface area (Å²) < 4.78 is 27.3. The van der Waals surface area contributed by atoms with Gasteiger partial charge in [0.25, 0.3) is 0 Å². The Morgan fingerprint density at radius 1 is 1.29 bits per heavy atom. The number of nitrogens with zero attached hydrogens (tertiary/aromatic N) is 3. The highest BCUT2D eigenvalue weighted by Gasteiger charge is 2.31. The summed E-state index contributed by atoms with van der Waals surface area (Å²) in [5, 5.41) is 24.8. The van der Waals surface area contributed by atoms with Crippen LogP contribution in [-0.4, -0.2) is 32.5 Å². The van der Waals surface area contributed by atoms with Gasteiger partial charge in [0.05, 0.1) is 34.7 Å². The fourth-order valence-corrected chi connectivity index (χ4v) is 6.40. The second-order valence-electron chi connectivity index (χ2n) is 9.47. The zero-order chi connectivity index (χ0) is 27.4. The average molecular weight is 573 g/mol. The number of ether oxygens (including phenoxy) is 2. The molecule has 1 aliphatic heterocycles. The van der Waals surface area contributed by atoms with E-state index >= 15 is 4.39 Å². The monoisotopic (exact) mass is 572 g/mol. The lowest BCUT2D eigenvalue weighted by atomic mass is 9.91. The molecule has 1 amide bonds. The molecule has 2 aromatic heterocycles. The number of aromatic hydroxyl groups is 1. The Balaban J connectivity index is 1.80. The molecule has 38 heavy (non-hydrogen) atoms. The van der Waals surface area contributed by atoms with Crippen LogP contribution in [0.5, 0.6) is 5.88 Å². The molecule has 0 bridgehead atoms. The van der Waals surface area contributed by atoms with Crippen LogP contribution < -0.4 is 5.32 Å². The topological polar surface area (TPSA) is 117 Å². The van der Waals surface area contributed by atoms with Crippen LogP contribution in [-0.2, 0) is 22.7 Å². The Morgan fingerprint density at radius 3 is 2.71 bits per heavy atom. The summed E-state index contributed by atoms with van der Waals surface area (Å²) in [4.78, 5) is 21.2. The summed E-state index contributed by atoms with van der Waals surface area (Å²) in [5.74, 6) is -0.157. The molecule has 0 saturated carbocycles. The van der Waals surface area contributed by atoms with Gasteiger partial charge in [0.1, 0.15) is 22.5 Å². The number of rotatable bonds is 4. The fourth-order valence-electron chi connectivity index (χ4n) is 4.45. The van der Waals surface area contributed by atoms with E-state index in [0.29, 0.717) is 43.1 Å². The molecular weight excluding hydrogens is 551 g/mol. The molecule has 0 radical (unpaired) electrons. The molecule has 4 aromatic rings. The normalized spacial score (nSPS) is 13.1. The highest BCUT2D eigenvalue weighted by molar-refractivity contribution is 7.99. The third kappa shape index (κ3) is 4.52. The Kier molecular flexibility index (Phi) is 6.86. The molecule has 0 spiro atoms. The lowest BCUT2D eigenvalue weighted by Crippen LogP contribution is -2.27. The van der Waals surface area contributed by atoms with Gasteiger partial charge in [-0.05, 0) is 49.8 Å². The number of benzene rings is 2. The molecule has 2 aromatic carbocycles. The predicted octanol–water partition coefficient (Wildman–Crippen LogP) is 7.37. The number of hydrogen-bond donors (Lipinski definition) is 2. The number of fused-ring (bicyclic) bond motifs is 4. The number of aromatic nitrogens is 2. The van der Waals surface area contributed by atoms with Crippen LogP contribution >= 0.6 is 34.7 Å². The number of thiophene rings is 1. The minimum Gasteiger partial charge on any atom is -0.493 e. The number of carbonyl (C=O) groups excluding carboxylic acids is 1. The zero-order valence-electron chi connectivity index (χ0n) is 20.9. The van der Waals surface area contributed by atoms with Crippen molar-refractivity contribution in [3.63, 3.8) is 0 Å². The smallest absolute Gasteiger partial charge is 0.412 e. The van der Waals surface area contributed by atoms with Gasteiger partial charge in [-0.25, -0.2) is 14.2 Å². The molecule has 3 heterocycles. The van der Waals surface area contributed by atoms with E-state index in [0.717, 1.165) is 11.3 Å². The Morgan fingerprint density at radius 2 is 2.03 bits per heavy atom. The van der Waals surface area contributed by atoms with Gasteiger partial charge in [-0.3, -0.25) is 5.32 Å². The van der Waals surface area contributed by atoms with Crippen molar-refractivity contribution < 1.29 is 23.8 Å². The molecule has 196 valence electrons. The maximum atomic E-state index is 15.7. The van der Waals surface area contributed by atoms with E-state index in [9.17, 15) is 15.2 Å². The average Bonchev–Trinajstić information content (AvgIpc) is 3.43. The first kappa shape index (κ1) is 26.4. The first-order valence-corrected chi connectivity index (χ1v) is 13.8. The SMILES string of the molecule is CCSc1nc(O)c2c3c(c(-c4c(F)ccc5sc(NC(=O)OC(C)(C)C)c(C#N)c45)c(Cl)c2n1)COC3. The van der Waals surface area contributed by atoms with E-state index in [1.807, 2.05) is 6.92 Å². The van der Waals surface area contributed by atoms with Crippen molar-refractivity contribution in [1.82, 2.24) is 9.97 Å². The van der Waals surface area contributed by atoms with Crippen molar-refractivity contribution in [3.8, 4) is 23.1 Å². The van der Waals surface area contributed by atoms with Gasteiger partial charge >= 0.3 is 6.09 Å². The van der Waals surface area contributed by atoms with Crippen LogP contribution in [0.3, 0.4) is 0 Å². The number of hydrogen-bond acceptors (Lipinski definition) is 9. The van der Waals surface area contributed by atoms with Gasteiger partial charge in [0.2, 0.25) is 5.88 Å². The first-order valence-electron chi connectivity index (χ1n) is 11.6. The molecule has 0 saturated heterocycles. The molecule has 0 atom stereocenters. The standard InChI is InChI=1S/C26H22ClFN4O4S2/c1-5-37-24-30-21-18(22(33)31-24)13-10-35-9-12(13)17(20(21)27)19-14(28)6-7-15-16(19)11(8-29)23(38-15)32-25(34)36-26(2,3)4/h6-7H,5,9-10H2,1-4H3,(H,32,34)(H,30,31,33). The molecule has 1 aliphatic rings. The summed E-state index contributed by atoms with van der Waals surface area (Å²) in [7, 11) is 0. The highest BCUT2D eigenvalue weighted by Crippen LogP contribution is 2.50. The maximum Gasteiger partial charge on any atom is 0.412 e. The summed E-state index contributed by atoms with van der Waals surface area (Å²) in [6.07, 6.45) is -0.728. The van der Waals surface area contributed by atoms with E-state index in [2.05, 4.69) is 21.4 Å². The third-order valence-electron chi connectivity index (χ3n) is 5.81. The third-order valence-corrected chi connectivity index (χ3v) is 7.98. The Bertz CT molecular complexity index is 1680. The lowest BCUT2D eigenvalue weighted by Gasteiger charge is -2.19. The van der Waals surface area contributed by atoms with Gasteiger partial charge in [0.15, 0.2) is 5.16 Å². The number of thioether (sulfide) groups is 1. The molecular formula is C26H22ClFN4O4S2. The summed E-state index contributed by atoms with van der Waals surface area (Å²) in [6.45, 7) is 7.39. The second-order valence-corrected chi connectivity index (χ2v) is 12.1. The van der Waals surface area contributed by atoms with Crippen molar-refractivity contribution in [2.24, 2.45) is 0 Å². The molecule has 2 N–H and O–H groups in total. The van der Waals surface area contributed by atoms with Crippen molar-refractivity contribution >= 4 is 66.8 Å². The largest absolute Gasteiger partial charge is 0.493 e. The summed E-state index contributed by atoms with van der Waals surface area (Å²) >= 11 is 9.40. The van der Waals surface area contributed by atoms with Crippen LogP contribution in [0.1, 0.15) is 44.4 Å².